The summed E-state index contributed by atoms with van der Waals surface area (Å²) in [6.45, 7) is 8.81. The van der Waals surface area contributed by atoms with Gasteiger partial charge in [-0.2, -0.15) is 0 Å². The molecule has 24 heavy (non-hydrogen) atoms. The normalized spacial score (nSPS) is 11.6. The summed E-state index contributed by atoms with van der Waals surface area (Å²) in [4.78, 5) is 35.3. The summed E-state index contributed by atoms with van der Waals surface area (Å²) in [5.74, 6) is -0.835. The maximum atomic E-state index is 12.2. The Balaban J connectivity index is 2.75. The van der Waals surface area contributed by atoms with E-state index >= 15 is 0 Å². The first kappa shape index (κ1) is 19.4. The van der Waals surface area contributed by atoms with Gasteiger partial charge >= 0.3 is 12.1 Å². The number of allylic oxidation sites excluding steroid dienone is 1. The number of anilines is 1. The van der Waals surface area contributed by atoms with Gasteiger partial charge in [-0.1, -0.05) is 0 Å². The highest BCUT2D eigenvalue weighted by molar-refractivity contribution is 6.11. The van der Waals surface area contributed by atoms with Gasteiger partial charge in [0, 0.05) is 22.9 Å². The van der Waals surface area contributed by atoms with Crippen molar-refractivity contribution in [3.63, 3.8) is 0 Å². The van der Waals surface area contributed by atoms with Gasteiger partial charge in [-0.3, -0.25) is 10.1 Å². The van der Waals surface area contributed by atoms with Crippen LogP contribution in [0.2, 0.25) is 0 Å². The van der Waals surface area contributed by atoms with Gasteiger partial charge in [0.05, 0.1) is 6.61 Å². The van der Waals surface area contributed by atoms with Crippen molar-refractivity contribution in [2.75, 3.05) is 11.9 Å². The second-order valence-electron chi connectivity index (χ2n) is 6.11. The molecule has 1 amide bonds. The van der Waals surface area contributed by atoms with E-state index in [4.69, 9.17) is 9.47 Å². The molecule has 0 radical (unpaired) electrons. The van der Waals surface area contributed by atoms with Gasteiger partial charge in [0.25, 0.3) is 0 Å². The molecule has 0 saturated heterocycles. The lowest BCUT2D eigenvalue weighted by Gasteiger charge is -2.19. The van der Waals surface area contributed by atoms with E-state index in [9.17, 15) is 14.4 Å². The molecule has 0 atom stereocenters. The van der Waals surface area contributed by atoms with Crippen molar-refractivity contribution in [3.8, 4) is 0 Å². The number of ether oxygens (including phenoxy) is 2. The fourth-order valence-corrected chi connectivity index (χ4v) is 1.78. The number of carbonyl (C=O) groups is 3. The van der Waals surface area contributed by atoms with Gasteiger partial charge < -0.3 is 9.47 Å². The Morgan fingerprint density at radius 3 is 2.21 bits per heavy atom. The third-order valence-corrected chi connectivity index (χ3v) is 2.77. The Morgan fingerprint density at radius 1 is 1.12 bits per heavy atom. The topological polar surface area (TPSA) is 81.7 Å². The molecule has 1 N–H and O–H groups in total. The lowest BCUT2D eigenvalue weighted by molar-refractivity contribution is -0.137. The van der Waals surface area contributed by atoms with Crippen molar-refractivity contribution < 1.29 is 23.9 Å². The summed E-state index contributed by atoms with van der Waals surface area (Å²) in [5.41, 5.74) is 0.603. The van der Waals surface area contributed by atoms with Gasteiger partial charge in [-0.25, -0.2) is 9.59 Å². The summed E-state index contributed by atoms with van der Waals surface area (Å²) in [6, 6.07) is 6.32. The molecule has 0 aromatic heterocycles. The van der Waals surface area contributed by atoms with Crippen LogP contribution >= 0.6 is 0 Å². The third-order valence-electron chi connectivity index (χ3n) is 2.77. The first-order valence-corrected chi connectivity index (χ1v) is 7.62. The van der Waals surface area contributed by atoms with Crippen LogP contribution in [0.4, 0.5) is 10.5 Å². The molecule has 0 aliphatic heterocycles. The zero-order chi connectivity index (χ0) is 18.3. The molecule has 0 spiro atoms. The third kappa shape index (κ3) is 6.64. The van der Waals surface area contributed by atoms with E-state index in [1.54, 1.807) is 58.9 Å². The molecule has 0 aliphatic rings. The fraction of sp³-hybridized carbons (Fsp3) is 0.389. The highest BCUT2D eigenvalue weighted by Gasteiger charge is 2.16. The smallest absolute Gasteiger partial charge is 0.412 e. The minimum atomic E-state index is -0.588. The van der Waals surface area contributed by atoms with Crippen molar-refractivity contribution in [1.29, 1.82) is 0 Å². The molecule has 1 rings (SSSR count). The molecule has 1 aromatic rings. The predicted octanol–water partition coefficient (Wildman–Crippen LogP) is 3.73. The zero-order valence-electron chi connectivity index (χ0n) is 14.6. The SMILES string of the molecule is CCOC(=O)/C=C(/C)C(=O)c1ccc(NC(=O)OC(C)(C)C)cc1. The van der Waals surface area contributed by atoms with E-state index in [0.29, 0.717) is 11.3 Å². The Kier molecular flexibility index (Phi) is 6.70. The molecular formula is C18H23NO5. The minimum Gasteiger partial charge on any atom is -0.463 e. The molecule has 6 nitrogen and oxygen atoms in total. The van der Waals surface area contributed by atoms with E-state index in [2.05, 4.69) is 5.32 Å². The van der Waals surface area contributed by atoms with Crippen molar-refractivity contribution in [2.45, 2.75) is 40.2 Å². The minimum absolute atomic E-state index is 0.252. The zero-order valence-corrected chi connectivity index (χ0v) is 14.6. The van der Waals surface area contributed by atoms with Gasteiger partial charge in [0.2, 0.25) is 0 Å². The van der Waals surface area contributed by atoms with Crippen LogP contribution in [-0.4, -0.2) is 30.1 Å². The van der Waals surface area contributed by atoms with Crippen LogP contribution in [0.15, 0.2) is 35.9 Å². The molecule has 0 aliphatic carbocycles. The largest absolute Gasteiger partial charge is 0.463 e. The summed E-state index contributed by atoms with van der Waals surface area (Å²) >= 11 is 0. The predicted molar refractivity (Wildman–Crippen MR) is 91.0 cm³/mol. The molecule has 0 bridgehead atoms. The van der Waals surface area contributed by atoms with Gasteiger partial charge in [0.15, 0.2) is 5.78 Å². The summed E-state index contributed by atoms with van der Waals surface area (Å²) in [5, 5.41) is 2.58. The lowest BCUT2D eigenvalue weighted by atomic mass is 10.0. The van der Waals surface area contributed by atoms with Crippen LogP contribution in [0, 0.1) is 0 Å². The average Bonchev–Trinajstić information content (AvgIpc) is 2.45. The number of hydrogen-bond donors (Lipinski definition) is 1. The molecule has 130 valence electrons. The quantitative estimate of drug-likeness (QED) is 0.504. The van der Waals surface area contributed by atoms with E-state index in [-0.39, 0.29) is 18.0 Å². The Labute approximate surface area is 141 Å². The Bertz CT molecular complexity index is 638. The molecular weight excluding hydrogens is 310 g/mol. The number of rotatable bonds is 5. The van der Waals surface area contributed by atoms with E-state index in [0.717, 1.165) is 0 Å². The standard InChI is InChI=1S/C18H23NO5/c1-6-23-15(20)11-12(2)16(21)13-7-9-14(10-8-13)19-17(22)24-18(3,4)5/h7-11H,6H2,1-5H3,(H,19,22)/b12-11-. The van der Waals surface area contributed by atoms with Gasteiger partial charge in [0.1, 0.15) is 5.60 Å². The van der Waals surface area contributed by atoms with Crippen molar-refractivity contribution in [2.24, 2.45) is 0 Å². The number of carbonyl (C=O) groups excluding carboxylic acids is 3. The first-order chi connectivity index (χ1) is 11.1. The maximum Gasteiger partial charge on any atom is 0.412 e. The van der Waals surface area contributed by atoms with E-state index in [1.807, 2.05) is 0 Å². The number of esters is 1. The number of Topliss-reactive ketones (excluding diaryl/α,β-unsaturated/α-hetero) is 1. The second-order valence-corrected chi connectivity index (χ2v) is 6.11. The molecule has 0 fully saturated rings. The van der Waals surface area contributed by atoms with E-state index in [1.165, 1.54) is 6.08 Å². The highest BCUT2D eigenvalue weighted by Crippen LogP contribution is 2.15. The highest BCUT2D eigenvalue weighted by atomic mass is 16.6. The number of nitrogens with one attached hydrogen (secondary N) is 1. The average molecular weight is 333 g/mol. The van der Waals surface area contributed by atoms with Crippen LogP contribution in [0.3, 0.4) is 0 Å². The van der Waals surface area contributed by atoms with Crippen LogP contribution in [0.25, 0.3) is 0 Å². The summed E-state index contributed by atoms with van der Waals surface area (Å²) < 4.78 is 9.92. The van der Waals surface area contributed by atoms with Crippen molar-refractivity contribution >= 4 is 23.5 Å². The lowest BCUT2D eigenvalue weighted by Crippen LogP contribution is -2.27. The van der Waals surface area contributed by atoms with Crippen molar-refractivity contribution in [3.05, 3.63) is 41.5 Å². The maximum absolute atomic E-state index is 12.2. The van der Waals surface area contributed by atoms with Crippen LogP contribution in [0.5, 0.6) is 0 Å². The Morgan fingerprint density at radius 2 is 1.71 bits per heavy atom. The van der Waals surface area contributed by atoms with Crippen LogP contribution in [0.1, 0.15) is 45.0 Å². The molecule has 0 unspecified atom stereocenters. The molecule has 0 saturated carbocycles. The number of hydrogen-bond acceptors (Lipinski definition) is 5. The molecule has 1 aromatic carbocycles. The Hall–Kier alpha value is -2.63. The van der Waals surface area contributed by atoms with E-state index < -0.39 is 17.7 Å². The summed E-state index contributed by atoms with van der Waals surface area (Å²) in [7, 11) is 0. The number of benzene rings is 1. The first-order valence-electron chi connectivity index (χ1n) is 7.62. The fourth-order valence-electron chi connectivity index (χ4n) is 1.78. The van der Waals surface area contributed by atoms with Gasteiger partial charge in [-0.05, 0) is 58.9 Å². The molecule has 0 heterocycles. The number of amides is 1. The van der Waals surface area contributed by atoms with Crippen LogP contribution < -0.4 is 5.32 Å². The summed E-state index contributed by atoms with van der Waals surface area (Å²) in [6.07, 6.45) is 0.596. The monoisotopic (exact) mass is 333 g/mol. The van der Waals surface area contributed by atoms with Crippen LogP contribution in [-0.2, 0) is 14.3 Å². The van der Waals surface area contributed by atoms with Gasteiger partial charge in [-0.15, -0.1) is 0 Å². The number of ketones is 1. The van der Waals surface area contributed by atoms with Crippen molar-refractivity contribution in [1.82, 2.24) is 0 Å². The second kappa shape index (κ2) is 8.29. The molecule has 6 heteroatoms.